The van der Waals surface area contributed by atoms with Gasteiger partial charge in [-0.25, -0.2) is 4.79 Å². The Labute approximate surface area is 179 Å². The van der Waals surface area contributed by atoms with Crippen molar-refractivity contribution in [3.8, 4) is 17.2 Å². The lowest BCUT2D eigenvalue weighted by molar-refractivity contribution is -0.150. The molecule has 1 heterocycles. The molecular formula is C22H24N2O7. The molecule has 2 aromatic carbocycles. The summed E-state index contributed by atoms with van der Waals surface area (Å²) in [6, 6.07) is 11.4. The van der Waals surface area contributed by atoms with Crippen molar-refractivity contribution in [3.63, 3.8) is 0 Å². The molecule has 0 aliphatic carbocycles. The summed E-state index contributed by atoms with van der Waals surface area (Å²) >= 11 is 0. The van der Waals surface area contributed by atoms with Crippen molar-refractivity contribution < 1.29 is 33.3 Å². The number of fused-ring (bicyclic) bond motifs is 1. The molecule has 3 rings (SSSR count). The molecular weight excluding hydrogens is 404 g/mol. The highest BCUT2D eigenvalue weighted by molar-refractivity contribution is 5.99. The van der Waals surface area contributed by atoms with Crippen molar-refractivity contribution in [2.45, 2.75) is 20.0 Å². The molecule has 0 bridgehead atoms. The lowest BCUT2D eigenvalue weighted by Gasteiger charge is -2.19. The van der Waals surface area contributed by atoms with E-state index in [-0.39, 0.29) is 13.2 Å². The average Bonchev–Trinajstić information content (AvgIpc) is 2.77. The number of anilines is 1. The van der Waals surface area contributed by atoms with Crippen LogP contribution >= 0.6 is 0 Å². The Morgan fingerprint density at radius 3 is 2.61 bits per heavy atom. The van der Waals surface area contributed by atoms with E-state index in [2.05, 4.69) is 10.6 Å². The SMILES string of the molecule is CCOC(=O)C(C)Oc1cccc(C(=O)NCC(=O)Nc2ccc3c(c2)OCCO3)c1. The predicted molar refractivity (Wildman–Crippen MR) is 112 cm³/mol. The van der Waals surface area contributed by atoms with Gasteiger partial charge in [0.25, 0.3) is 5.91 Å². The molecule has 9 nitrogen and oxygen atoms in total. The van der Waals surface area contributed by atoms with Crippen molar-refractivity contribution in [1.82, 2.24) is 5.32 Å². The molecule has 2 aromatic rings. The second kappa shape index (κ2) is 10.3. The zero-order chi connectivity index (χ0) is 22.2. The topological polar surface area (TPSA) is 112 Å². The molecule has 164 valence electrons. The molecule has 1 atom stereocenters. The van der Waals surface area contributed by atoms with Crippen molar-refractivity contribution in [1.29, 1.82) is 0 Å². The third-order valence-electron chi connectivity index (χ3n) is 4.26. The summed E-state index contributed by atoms with van der Waals surface area (Å²) in [6.45, 7) is 4.23. The number of esters is 1. The molecule has 0 spiro atoms. The van der Waals surface area contributed by atoms with Gasteiger partial charge < -0.3 is 29.6 Å². The molecule has 0 saturated heterocycles. The van der Waals surface area contributed by atoms with Gasteiger partial charge in [-0.05, 0) is 44.2 Å². The monoisotopic (exact) mass is 428 g/mol. The van der Waals surface area contributed by atoms with Crippen LogP contribution in [0.25, 0.3) is 0 Å². The number of rotatable bonds is 8. The summed E-state index contributed by atoms with van der Waals surface area (Å²) in [5.41, 5.74) is 0.826. The lowest BCUT2D eigenvalue weighted by atomic mass is 10.2. The Morgan fingerprint density at radius 2 is 1.84 bits per heavy atom. The molecule has 2 amide bonds. The van der Waals surface area contributed by atoms with Gasteiger partial charge in [0.05, 0.1) is 13.2 Å². The highest BCUT2D eigenvalue weighted by atomic mass is 16.6. The lowest BCUT2D eigenvalue weighted by Crippen LogP contribution is -2.33. The van der Waals surface area contributed by atoms with E-state index in [1.807, 2.05) is 0 Å². The largest absolute Gasteiger partial charge is 0.486 e. The van der Waals surface area contributed by atoms with Gasteiger partial charge in [-0.1, -0.05) is 6.07 Å². The molecule has 1 unspecified atom stereocenters. The first kappa shape index (κ1) is 21.9. The number of benzene rings is 2. The number of ether oxygens (including phenoxy) is 4. The molecule has 0 fully saturated rings. The molecule has 0 aromatic heterocycles. The quantitative estimate of drug-likeness (QED) is 0.620. The highest BCUT2D eigenvalue weighted by Crippen LogP contribution is 2.32. The normalized spacial score (nSPS) is 13.0. The minimum absolute atomic E-state index is 0.225. The van der Waals surface area contributed by atoms with E-state index >= 15 is 0 Å². The molecule has 1 aliphatic heterocycles. The third kappa shape index (κ3) is 6.11. The number of carbonyl (C=O) groups is 3. The summed E-state index contributed by atoms with van der Waals surface area (Å²) in [7, 11) is 0. The fraction of sp³-hybridized carbons (Fsp3) is 0.318. The highest BCUT2D eigenvalue weighted by Gasteiger charge is 2.17. The molecule has 9 heteroatoms. The average molecular weight is 428 g/mol. The standard InChI is InChI=1S/C22H24N2O7/c1-3-28-22(27)14(2)31-17-6-4-5-15(11-17)21(26)23-13-20(25)24-16-7-8-18-19(12-16)30-10-9-29-18/h4-8,11-12,14H,3,9-10,13H2,1-2H3,(H,23,26)(H,24,25). The summed E-state index contributed by atoms with van der Waals surface area (Å²) in [5.74, 6) is 0.181. The van der Waals surface area contributed by atoms with Gasteiger partial charge in [-0.15, -0.1) is 0 Å². The van der Waals surface area contributed by atoms with Gasteiger partial charge >= 0.3 is 5.97 Å². The summed E-state index contributed by atoms with van der Waals surface area (Å²) < 4.78 is 21.3. The molecule has 0 radical (unpaired) electrons. The van der Waals surface area contributed by atoms with Gasteiger partial charge in [0, 0.05) is 17.3 Å². The first-order valence-corrected chi connectivity index (χ1v) is 9.87. The Bertz CT molecular complexity index is 961. The number of hydrogen-bond acceptors (Lipinski definition) is 7. The van der Waals surface area contributed by atoms with Gasteiger partial charge in [0.15, 0.2) is 17.6 Å². The van der Waals surface area contributed by atoms with E-state index in [4.69, 9.17) is 18.9 Å². The minimum Gasteiger partial charge on any atom is -0.486 e. The summed E-state index contributed by atoms with van der Waals surface area (Å²) in [4.78, 5) is 36.3. The number of amides is 2. The van der Waals surface area contributed by atoms with Crippen LogP contribution in [0.5, 0.6) is 17.2 Å². The van der Waals surface area contributed by atoms with Crippen LogP contribution in [-0.2, 0) is 14.3 Å². The van der Waals surface area contributed by atoms with Crippen LogP contribution in [0.4, 0.5) is 5.69 Å². The van der Waals surface area contributed by atoms with Crippen molar-refractivity contribution >= 4 is 23.5 Å². The van der Waals surface area contributed by atoms with E-state index in [1.165, 1.54) is 6.07 Å². The summed E-state index contributed by atoms with van der Waals surface area (Å²) in [6.07, 6.45) is -0.810. The Morgan fingerprint density at radius 1 is 1.06 bits per heavy atom. The van der Waals surface area contributed by atoms with E-state index in [0.717, 1.165) is 0 Å². The second-order valence-electron chi connectivity index (χ2n) is 6.63. The van der Waals surface area contributed by atoms with Crippen LogP contribution in [0.15, 0.2) is 42.5 Å². The Balaban J connectivity index is 1.52. The van der Waals surface area contributed by atoms with Crippen LogP contribution < -0.4 is 24.8 Å². The maximum atomic E-state index is 12.4. The fourth-order valence-electron chi connectivity index (χ4n) is 2.81. The van der Waals surface area contributed by atoms with Crippen LogP contribution in [0.3, 0.4) is 0 Å². The molecule has 31 heavy (non-hydrogen) atoms. The van der Waals surface area contributed by atoms with Crippen molar-refractivity contribution in [2.75, 3.05) is 31.7 Å². The van der Waals surface area contributed by atoms with Crippen molar-refractivity contribution in [3.05, 3.63) is 48.0 Å². The van der Waals surface area contributed by atoms with E-state index in [1.54, 1.807) is 50.2 Å². The number of hydrogen-bond donors (Lipinski definition) is 2. The van der Waals surface area contributed by atoms with Gasteiger partial charge in [-0.2, -0.15) is 0 Å². The first-order chi connectivity index (χ1) is 15.0. The van der Waals surface area contributed by atoms with Crippen LogP contribution in [-0.4, -0.2) is 50.3 Å². The maximum Gasteiger partial charge on any atom is 0.347 e. The molecule has 2 N–H and O–H groups in total. The van der Waals surface area contributed by atoms with E-state index < -0.39 is 23.9 Å². The van der Waals surface area contributed by atoms with E-state index in [0.29, 0.717) is 41.7 Å². The zero-order valence-electron chi connectivity index (χ0n) is 17.3. The smallest absolute Gasteiger partial charge is 0.347 e. The fourth-order valence-corrected chi connectivity index (χ4v) is 2.81. The van der Waals surface area contributed by atoms with Gasteiger partial charge in [0.1, 0.15) is 19.0 Å². The Kier molecular flexibility index (Phi) is 7.31. The third-order valence-corrected chi connectivity index (χ3v) is 4.26. The van der Waals surface area contributed by atoms with Crippen molar-refractivity contribution in [2.24, 2.45) is 0 Å². The summed E-state index contributed by atoms with van der Waals surface area (Å²) in [5, 5.41) is 5.25. The molecule has 1 aliphatic rings. The maximum absolute atomic E-state index is 12.4. The van der Waals surface area contributed by atoms with E-state index in [9.17, 15) is 14.4 Å². The first-order valence-electron chi connectivity index (χ1n) is 9.87. The van der Waals surface area contributed by atoms with Crippen LogP contribution in [0, 0.1) is 0 Å². The number of nitrogens with one attached hydrogen (secondary N) is 2. The second-order valence-corrected chi connectivity index (χ2v) is 6.63. The molecule has 0 saturated carbocycles. The van der Waals surface area contributed by atoms with Gasteiger partial charge in [0.2, 0.25) is 5.91 Å². The zero-order valence-corrected chi connectivity index (χ0v) is 17.3. The van der Waals surface area contributed by atoms with Gasteiger partial charge in [-0.3, -0.25) is 9.59 Å². The van der Waals surface area contributed by atoms with Crippen LogP contribution in [0.2, 0.25) is 0 Å². The predicted octanol–water partition coefficient (Wildman–Crippen LogP) is 2.16. The number of carbonyl (C=O) groups excluding carboxylic acids is 3. The Hall–Kier alpha value is -3.75. The van der Waals surface area contributed by atoms with Crippen LogP contribution in [0.1, 0.15) is 24.2 Å². The minimum atomic E-state index is -0.810.